The van der Waals surface area contributed by atoms with Crippen LogP contribution in [0.1, 0.15) is 37.4 Å². The van der Waals surface area contributed by atoms with Crippen LogP contribution in [0.25, 0.3) is 0 Å². The summed E-state index contributed by atoms with van der Waals surface area (Å²) in [7, 11) is 0. The number of carbonyl (C=O) groups excluding carboxylic acids is 1. The highest BCUT2D eigenvalue weighted by Crippen LogP contribution is 2.26. The van der Waals surface area contributed by atoms with Crippen molar-refractivity contribution in [2.45, 2.75) is 44.7 Å². The van der Waals surface area contributed by atoms with E-state index in [9.17, 15) is 18.0 Å². The lowest BCUT2D eigenvalue weighted by Crippen LogP contribution is -2.18. The molecule has 1 aromatic rings. The number of hydrogen-bond donors (Lipinski definition) is 0. The molecule has 118 valence electrons. The van der Waals surface area contributed by atoms with Crippen LogP contribution in [0.15, 0.2) is 4.52 Å². The molecule has 2 rings (SSSR count). The quantitative estimate of drug-likeness (QED) is 0.724. The predicted molar refractivity (Wildman–Crippen MR) is 65.5 cm³/mol. The highest BCUT2D eigenvalue weighted by molar-refractivity contribution is 5.82. The molecule has 0 aliphatic heterocycles. The van der Waals surface area contributed by atoms with Crippen molar-refractivity contribution in [2.24, 2.45) is 5.92 Å². The molecule has 0 N–H and O–H groups in total. The van der Waals surface area contributed by atoms with Crippen LogP contribution in [-0.2, 0) is 22.4 Å². The standard InChI is InChI=1S/C13H17F3N2O3/c14-13(15,16)8-20-6-5-11-17-12(21-18-11)7-10(19)9-3-1-2-4-9/h9H,1-8H2. The van der Waals surface area contributed by atoms with Gasteiger partial charge in [-0.15, -0.1) is 0 Å². The van der Waals surface area contributed by atoms with E-state index in [4.69, 9.17) is 4.52 Å². The molecule has 1 aliphatic rings. The highest BCUT2D eigenvalue weighted by Gasteiger charge is 2.27. The number of alkyl halides is 3. The number of nitrogens with zero attached hydrogens (tertiary/aromatic N) is 2. The van der Waals surface area contributed by atoms with Gasteiger partial charge in [0.05, 0.1) is 13.0 Å². The number of halogens is 3. The number of hydrogen-bond acceptors (Lipinski definition) is 5. The molecule has 0 bridgehead atoms. The van der Waals surface area contributed by atoms with Crippen LogP contribution in [-0.4, -0.2) is 35.3 Å². The SMILES string of the molecule is O=C(Cc1nc(CCOCC(F)(F)F)no1)C1CCCC1. The van der Waals surface area contributed by atoms with Gasteiger partial charge in [-0.05, 0) is 12.8 Å². The lowest BCUT2D eigenvalue weighted by Gasteiger charge is -2.05. The van der Waals surface area contributed by atoms with Crippen LogP contribution >= 0.6 is 0 Å². The van der Waals surface area contributed by atoms with Crippen LogP contribution in [0, 0.1) is 5.92 Å². The number of Topliss-reactive ketones (excluding diaryl/α,β-unsaturated/α-hetero) is 1. The molecule has 8 heteroatoms. The second-order valence-corrected chi connectivity index (χ2v) is 5.15. The second-order valence-electron chi connectivity index (χ2n) is 5.15. The van der Waals surface area contributed by atoms with E-state index in [1.54, 1.807) is 0 Å². The van der Waals surface area contributed by atoms with E-state index in [-0.39, 0.29) is 42.9 Å². The first-order chi connectivity index (χ1) is 9.94. The van der Waals surface area contributed by atoms with E-state index in [2.05, 4.69) is 14.9 Å². The molecule has 0 spiro atoms. The molecule has 0 atom stereocenters. The van der Waals surface area contributed by atoms with Gasteiger partial charge in [0.15, 0.2) is 5.82 Å². The van der Waals surface area contributed by atoms with Crippen molar-refractivity contribution in [3.63, 3.8) is 0 Å². The van der Waals surface area contributed by atoms with Crippen LogP contribution in [0.2, 0.25) is 0 Å². The number of ketones is 1. The van der Waals surface area contributed by atoms with Crippen molar-refractivity contribution in [2.75, 3.05) is 13.2 Å². The third kappa shape index (κ3) is 5.45. The first-order valence-electron chi connectivity index (χ1n) is 6.93. The molecule has 1 heterocycles. The van der Waals surface area contributed by atoms with Gasteiger partial charge in [0, 0.05) is 12.3 Å². The molecular formula is C13H17F3N2O3. The lowest BCUT2D eigenvalue weighted by molar-refractivity contribution is -0.173. The molecule has 0 unspecified atom stereocenters. The first-order valence-corrected chi connectivity index (χ1v) is 6.93. The molecule has 0 radical (unpaired) electrons. The summed E-state index contributed by atoms with van der Waals surface area (Å²) in [5.74, 6) is 0.649. The Morgan fingerprint density at radius 1 is 1.33 bits per heavy atom. The molecule has 0 aromatic carbocycles. The van der Waals surface area contributed by atoms with Gasteiger partial charge >= 0.3 is 6.18 Å². The largest absolute Gasteiger partial charge is 0.411 e. The van der Waals surface area contributed by atoms with Crippen molar-refractivity contribution >= 4 is 5.78 Å². The fraction of sp³-hybridized carbons (Fsp3) is 0.769. The highest BCUT2D eigenvalue weighted by atomic mass is 19.4. The van der Waals surface area contributed by atoms with E-state index in [0.29, 0.717) is 0 Å². The molecule has 0 saturated heterocycles. The summed E-state index contributed by atoms with van der Waals surface area (Å²) in [6.07, 6.45) is -0.158. The Morgan fingerprint density at radius 2 is 2.05 bits per heavy atom. The van der Waals surface area contributed by atoms with Crippen molar-refractivity contribution < 1.29 is 27.2 Å². The summed E-state index contributed by atoms with van der Waals surface area (Å²) < 4.78 is 45.0. The van der Waals surface area contributed by atoms with Crippen molar-refractivity contribution in [3.8, 4) is 0 Å². The zero-order valence-corrected chi connectivity index (χ0v) is 11.5. The summed E-state index contributed by atoms with van der Waals surface area (Å²) in [5.41, 5.74) is 0. The average Bonchev–Trinajstić information content (AvgIpc) is 3.05. The molecule has 21 heavy (non-hydrogen) atoms. The Hall–Kier alpha value is -1.44. The van der Waals surface area contributed by atoms with E-state index in [1.165, 1.54) is 0 Å². The van der Waals surface area contributed by atoms with Crippen molar-refractivity contribution in [3.05, 3.63) is 11.7 Å². The van der Waals surface area contributed by atoms with Crippen molar-refractivity contribution in [1.29, 1.82) is 0 Å². The Balaban J connectivity index is 1.72. The lowest BCUT2D eigenvalue weighted by atomic mass is 10.0. The topological polar surface area (TPSA) is 65.2 Å². The zero-order chi connectivity index (χ0) is 15.3. The normalized spacial score (nSPS) is 16.5. The Bertz CT molecular complexity index is 467. The number of ether oxygens (including phenoxy) is 1. The number of aromatic nitrogens is 2. The summed E-state index contributed by atoms with van der Waals surface area (Å²) in [5, 5.41) is 3.63. The fourth-order valence-electron chi connectivity index (χ4n) is 2.36. The van der Waals surface area contributed by atoms with Gasteiger partial charge in [-0.3, -0.25) is 4.79 Å². The molecule has 1 fully saturated rings. The Kier molecular flexibility index (Phi) is 5.33. The number of rotatable bonds is 7. The van der Waals surface area contributed by atoms with E-state index in [0.717, 1.165) is 25.7 Å². The van der Waals surface area contributed by atoms with Crippen molar-refractivity contribution in [1.82, 2.24) is 10.1 Å². The van der Waals surface area contributed by atoms with Gasteiger partial charge in [0.25, 0.3) is 0 Å². The monoisotopic (exact) mass is 306 g/mol. The minimum atomic E-state index is -4.34. The second kappa shape index (κ2) is 7.02. The summed E-state index contributed by atoms with van der Waals surface area (Å²) in [6.45, 7) is -1.44. The predicted octanol–water partition coefficient (Wildman–Crippen LogP) is 2.49. The van der Waals surface area contributed by atoms with Gasteiger partial charge in [0.1, 0.15) is 12.4 Å². The van der Waals surface area contributed by atoms with Crippen LogP contribution in [0.4, 0.5) is 13.2 Å². The minimum Gasteiger partial charge on any atom is -0.372 e. The van der Waals surface area contributed by atoms with Gasteiger partial charge in [-0.2, -0.15) is 18.2 Å². The third-order valence-corrected chi connectivity index (χ3v) is 3.38. The smallest absolute Gasteiger partial charge is 0.372 e. The summed E-state index contributed by atoms with van der Waals surface area (Å²) in [6, 6.07) is 0. The molecule has 1 aromatic heterocycles. The maximum atomic E-state index is 11.9. The molecule has 5 nitrogen and oxygen atoms in total. The Labute approximate surface area is 119 Å². The fourth-order valence-corrected chi connectivity index (χ4v) is 2.36. The van der Waals surface area contributed by atoms with Crippen LogP contribution in [0.3, 0.4) is 0 Å². The van der Waals surface area contributed by atoms with Gasteiger partial charge in [-0.1, -0.05) is 18.0 Å². The van der Waals surface area contributed by atoms with Crippen LogP contribution < -0.4 is 0 Å². The molecule has 1 aliphatic carbocycles. The summed E-state index contributed by atoms with van der Waals surface area (Å²) in [4.78, 5) is 15.9. The average molecular weight is 306 g/mol. The third-order valence-electron chi connectivity index (χ3n) is 3.38. The van der Waals surface area contributed by atoms with E-state index >= 15 is 0 Å². The Morgan fingerprint density at radius 3 is 2.71 bits per heavy atom. The van der Waals surface area contributed by atoms with Gasteiger partial charge < -0.3 is 9.26 Å². The minimum absolute atomic E-state index is 0.0791. The van der Waals surface area contributed by atoms with E-state index < -0.39 is 12.8 Å². The molecule has 1 saturated carbocycles. The number of carbonyl (C=O) groups is 1. The zero-order valence-electron chi connectivity index (χ0n) is 11.5. The maximum absolute atomic E-state index is 11.9. The molecular weight excluding hydrogens is 289 g/mol. The summed E-state index contributed by atoms with van der Waals surface area (Å²) >= 11 is 0. The van der Waals surface area contributed by atoms with Gasteiger partial charge in [-0.25, -0.2) is 0 Å². The van der Waals surface area contributed by atoms with Crippen LogP contribution in [0.5, 0.6) is 0 Å². The maximum Gasteiger partial charge on any atom is 0.411 e. The van der Waals surface area contributed by atoms with E-state index in [1.807, 2.05) is 0 Å². The first kappa shape index (κ1) is 15.9. The molecule has 0 amide bonds. The van der Waals surface area contributed by atoms with Gasteiger partial charge in [0.2, 0.25) is 5.89 Å².